The molecule has 0 aliphatic carbocycles. The largest absolute Gasteiger partial charge is 0.493 e. The van der Waals surface area contributed by atoms with Crippen molar-refractivity contribution in [3.63, 3.8) is 0 Å². The molecule has 1 heterocycles. The Morgan fingerprint density at radius 1 is 1.29 bits per heavy atom. The molecular weight excluding hydrogens is 382 g/mol. The molecule has 28 heavy (non-hydrogen) atoms. The molecule has 8 heteroatoms. The van der Waals surface area contributed by atoms with Gasteiger partial charge < -0.3 is 14.5 Å². The Balaban J connectivity index is 2.12. The van der Waals surface area contributed by atoms with E-state index in [1.165, 1.54) is 13.3 Å². The minimum absolute atomic E-state index is 0.0750. The Hall–Kier alpha value is -3.06. The first-order chi connectivity index (χ1) is 13.4. The van der Waals surface area contributed by atoms with E-state index in [1.807, 2.05) is 13.8 Å². The number of halogens is 1. The average molecular weight is 402 g/mol. The molecule has 7 nitrogen and oxygen atoms in total. The van der Waals surface area contributed by atoms with E-state index in [1.54, 1.807) is 36.4 Å². The molecule has 0 saturated heterocycles. The zero-order valence-electron chi connectivity index (χ0n) is 15.7. The quantitative estimate of drug-likeness (QED) is 0.641. The third-order valence-electron chi connectivity index (χ3n) is 4.26. The van der Waals surface area contributed by atoms with Crippen molar-refractivity contribution in [2.75, 3.05) is 7.11 Å². The number of H-pyrrole nitrogens is 1. The first-order valence-corrected chi connectivity index (χ1v) is 9.15. The maximum atomic E-state index is 12.6. The van der Waals surface area contributed by atoms with Crippen LogP contribution in [0.4, 0.5) is 0 Å². The van der Waals surface area contributed by atoms with Crippen molar-refractivity contribution in [2.24, 2.45) is 5.10 Å². The SMILES string of the molecule is CC[C@H](C)Oc1c(C=Nn2c(=O)[nH]c3ccccc3c2=O)cc(Cl)cc1OC. The molecule has 0 unspecified atom stereocenters. The summed E-state index contributed by atoms with van der Waals surface area (Å²) < 4.78 is 12.1. The summed E-state index contributed by atoms with van der Waals surface area (Å²) in [6, 6.07) is 10.0. The number of aromatic nitrogens is 2. The van der Waals surface area contributed by atoms with Gasteiger partial charge in [-0.3, -0.25) is 4.79 Å². The summed E-state index contributed by atoms with van der Waals surface area (Å²) >= 11 is 6.16. The number of para-hydroxylation sites is 1. The number of hydrogen-bond donors (Lipinski definition) is 1. The smallest absolute Gasteiger partial charge is 0.349 e. The number of ether oxygens (including phenoxy) is 2. The number of hydrogen-bond acceptors (Lipinski definition) is 5. The monoisotopic (exact) mass is 401 g/mol. The maximum Gasteiger partial charge on any atom is 0.349 e. The Kier molecular flexibility index (Phi) is 5.84. The molecule has 0 saturated carbocycles. The lowest BCUT2D eigenvalue weighted by atomic mass is 10.2. The molecule has 3 rings (SSSR count). The summed E-state index contributed by atoms with van der Waals surface area (Å²) in [6.45, 7) is 3.92. The van der Waals surface area contributed by atoms with Gasteiger partial charge in [0.25, 0.3) is 5.56 Å². The van der Waals surface area contributed by atoms with Crippen LogP contribution in [0.15, 0.2) is 51.1 Å². The Morgan fingerprint density at radius 3 is 2.75 bits per heavy atom. The van der Waals surface area contributed by atoms with E-state index in [0.717, 1.165) is 11.1 Å². The average Bonchev–Trinajstić information content (AvgIpc) is 2.69. The highest BCUT2D eigenvalue weighted by molar-refractivity contribution is 6.31. The molecule has 0 radical (unpaired) electrons. The fraction of sp³-hybridized carbons (Fsp3) is 0.250. The van der Waals surface area contributed by atoms with Crippen LogP contribution in [0.5, 0.6) is 11.5 Å². The fourth-order valence-corrected chi connectivity index (χ4v) is 2.84. The van der Waals surface area contributed by atoms with Crippen molar-refractivity contribution in [3.8, 4) is 11.5 Å². The molecule has 1 atom stereocenters. The normalized spacial score (nSPS) is 12.4. The van der Waals surface area contributed by atoms with Crippen LogP contribution in [-0.4, -0.2) is 29.1 Å². The minimum atomic E-state index is -0.640. The standard InChI is InChI=1S/C20H20ClN3O4/c1-4-12(2)28-18-13(9-14(21)10-17(18)27-3)11-22-24-19(25)15-7-5-6-8-16(15)23-20(24)26/h5-12H,4H2,1-3H3,(H,23,26)/t12-/m0/s1. The molecule has 2 aromatic carbocycles. The zero-order chi connectivity index (χ0) is 20.3. The molecule has 1 aromatic heterocycles. The second-order valence-corrected chi connectivity index (χ2v) is 6.64. The molecule has 0 aliphatic heterocycles. The third-order valence-corrected chi connectivity index (χ3v) is 4.48. The van der Waals surface area contributed by atoms with Crippen LogP contribution in [0.25, 0.3) is 10.9 Å². The predicted molar refractivity (Wildman–Crippen MR) is 110 cm³/mol. The second kappa shape index (κ2) is 8.31. The van der Waals surface area contributed by atoms with E-state index in [4.69, 9.17) is 21.1 Å². The van der Waals surface area contributed by atoms with Crippen LogP contribution in [0, 0.1) is 0 Å². The number of benzene rings is 2. The van der Waals surface area contributed by atoms with Gasteiger partial charge in [-0.05, 0) is 31.5 Å². The van der Waals surface area contributed by atoms with E-state index in [0.29, 0.717) is 33.0 Å². The Morgan fingerprint density at radius 2 is 2.04 bits per heavy atom. The van der Waals surface area contributed by atoms with Crippen molar-refractivity contribution in [1.29, 1.82) is 0 Å². The highest BCUT2D eigenvalue weighted by Crippen LogP contribution is 2.34. The van der Waals surface area contributed by atoms with E-state index in [-0.39, 0.29) is 6.10 Å². The summed E-state index contributed by atoms with van der Waals surface area (Å²) in [4.78, 5) is 27.5. The van der Waals surface area contributed by atoms with E-state index >= 15 is 0 Å². The lowest BCUT2D eigenvalue weighted by molar-refractivity contribution is 0.207. The highest BCUT2D eigenvalue weighted by atomic mass is 35.5. The van der Waals surface area contributed by atoms with Gasteiger partial charge in [-0.25, -0.2) is 4.79 Å². The molecule has 0 aliphatic rings. The van der Waals surface area contributed by atoms with Gasteiger partial charge in [0.1, 0.15) is 0 Å². The topological polar surface area (TPSA) is 85.7 Å². The number of nitrogens with one attached hydrogen (secondary N) is 1. The van der Waals surface area contributed by atoms with Gasteiger partial charge in [-0.1, -0.05) is 30.7 Å². The number of nitrogens with zero attached hydrogens (tertiary/aromatic N) is 2. The summed E-state index contributed by atoms with van der Waals surface area (Å²) in [6.07, 6.45) is 2.07. The van der Waals surface area contributed by atoms with E-state index < -0.39 is 11.2 Å². The van der Waals surface area contributed by atoms with E-state index in [9.17, 15) is 9.59 Å². The van der Waals surface area contributed by atoms with Crippen LogP contribution in [-0.2, 0) is 0 Å². The molecule has 3 aromatic rings. The van der Waals surface area contributed by atoms with Gasteiger partial charge in [-0.2, -0.15) is 5.10 Å². The van der Waals surface area contributed by atoms with Gasteiger partial charge in [0.2, 0.25) is 0 Å². The molecule has 0 bridgehead atoms. The van der Waals surface area contributed by atoms with E-state index in [2.05, 4.69) is 10.1 Å². The molecule has 0 amide bonds. The van der Waals surface area contributed by atoms with Crippen LogP contribution in [0.1, 0.15) is 25.8 Å². The van der Waals surface area contributed by atoms with Crippen molar-refractivity contribution >= 4 is 28.7 Å². The molecule has 1 N–H and O–H groups in total. The number of fused-ring (bicyclic) bond motifs is 1. The first-order valence-electron chi connectivity index (χ1n) is 8.77. The van der Waals surface area contributed by atoms with Crippen LogP contribution < -0.4 is 20.7 Å². The second-order valence-electron chi connectivity index (χ2n) is 6.20. The Labute approximate surface area is 166 Å². The molecule has 0 spiro atoms. The highest BCUT2D eigenvalue weighted by Gasteiger charge is 2.15. The summed E-state index contributed by atoms with van der Waals surface area (Å²) in [7, 11) is 1.51. The van der Waals surface area contributed by atoms with Crippen molar-refractivity contribution < 1.29 is 9.47 Å². The van der Waals surface area contributed by atoms with Gasteiger partial charge in [0.15, 0.2) is 11.5 Å². The van der Waals surface area contributed by atoms with Gasteiger partial charge in [-0.15, -0.1) is 4.68 Å². The van der Waals surface area contributed by atoms with Crippen molar-refractivity contribution in [1.82, 2.24) is 9.66 Å². The van der Waals surface area contributed by atoms with Gasteiger partial charge in [0, 0.05) is 16.7 Å². The number of rotatable bonds is 6. The zero-order valence-corrected chi connectivity index (χ0v) is 16.5. The summed E-state index contributed by atoms with van der Waals surface area (Å²) in [5.41, 5.74) is -0.217. The fourth-order valence-electron chi connectivity index (χ4n) is 2.62. The summed E-state index contributed by atoms with van der Waals surface area (Å²) in [5.74, 6) is 0.879. The number of aromatic amines is 1. The molecular formula is C20H20ClN3O4. The lowest BCUT2D eigenvalue weighted by Crippen LogP contribution is -2.32. The minimum Gasteiger partial charge on any atom is -0.493 e. The van der Waals surface area contributed by atoms with Crippen LogP contribution in [0.3, 0.4) is 0 Å². The molecule has 146 valence electrons. The van der Waals surface area contributed by atoms with Crippen LogP contribution >= 0.6 is 11.6 Å². The number of methoxy groups -OCH3 is 1. The Bertz CT molecular complexity index is 1150. The van der Waals surface area contributed by atoms with Crippen molar-refractivity contribution in [3.05, 3.63) is 67.8 Å². The predicted octanol–water partition coefficient (Wildman–Crippen LogP) is 3.41. The van der Waals surface area contributed by atoms with Crippen molar-refractivity contribution in [2.45, 2.75) is 26.4 Å². The van der Waals surface area contributed by atoms with Gasteiger partial charge in [0.05, 0.1) is 30.3 Å². The third kappa shape index (κ3) is 3.94. The summed E-state index contributed by atoms with van der Waals surface area (Å²) in [5, 5.41) is 4.85. The maximum absolute atomic E-state index is 12.6. The lowest BCUT2D eigenvalue weighted by Gasteiger charge is -2.18. The first kappa shape index (κ1) is 19.7. The van der Waals surface area contributed by atoms with Gasteiger partial charge >= 0.3 is 5.69 Å². The molecule has 0 fully saturated rings. The van der Waals surface area contributed by atoms with Crippen LogP contribution in [0.2, 0.25) is 5.02 Å².